The number of rotatable bonds is 4. The van der Waals surface area contributed by atoms with Crippen LogP contribution in [-0.2, 0) is 6.54 Å². The molecule has 1 N–H and O–H groups in total. The lowest BCUT2D eigenvalue weighted by Gasteiger charge is -2.27. The van der Waals surface area contributed by atoms with Crippen molar-refractivity contribution in [2.75, 3.05) is 4.90 Å². The standard InChI is InChI=1S/C22H20ClNO2/c1-15-8-7-9-16(2)21(15)24(14-17-10-3-6-13-20(17)25)22(26)18-11-4-5-12-19(18)23/h3-13,25H,14H2,1-2H3. The third kappa shape index (κ3) is 3.58. The van der Waals surface area contributed by atoms with Gasteiger partial charge in [-0.05, 0) is 43.2 Å². The average molecular weight is 366 g/mol. The van der Waals surface area contributed by atoms with Crippen molar-refractivity contribution in [2.24, 2.45) is 0 Å². The number of carbonyl (C=O) groups excluding carboxylic acids is 1. The molecule has 0 unspecified atom stereocenters. The average Bonchev–Trinajstić information content (AvgIpc) is 2.62. The zero-order valence-electron chi connectivity index (χ0n) is 14.7. The minimum absolute atomic E-state index is 0.163. The van der Waals surface area contributed by atoms with Gasteiger partial charge in [0, 0.05) is 5.56 Å². The number of phenolic OH excluding ortho intramolecular Hbond substituents is 1. The predicted octanol–water partition coefficient (Wildman–Crippen LogP) is 5.51. The normalized spacial score (nSPS) is 10.6. The lowest BCUT2D eigenvalue weighted by Crippen LogP contribution is -2.32. The molecule has 0 saturated carbocycles. The largest absolute Gasteiger partial charge is 0.508 e. The van der Waals surface area contributed by atoms with Gasteiger partial charge in [-0.2, -0.15) is 0 Å². The van der Waals surface area contributed by atoms with Crippen LogP contribution in [0.1, 0.15) is 27.0 Å². The van der Waals surface area contributed by atoms with Gasteiger partial charge in [0.15, 0.2) is 0 Å². The zero-order chi connectivity index (χ0) is 18.7. The summed E-state index contributed by atoms with van der Waals surface area (Å²) in [5, 5.41) is 10.6. The molecule has 4 heteroatoms. The molecule has 0 atom stereocenters. The van der Waals surface area contributed by atoms with Gasteiger partial charge in [-0.1, -0.05) is 60.1 Å². The Morgan fingerprint density at radius 3 is 2.19 bits per heavy atom. The number of nitrogens with zero attached hydrogens (tertiary/aromatic N) is 1. The van der Waals surface area contributed by atoms with E-state index in [0.29, 0.717) is 16.1 Å². The van der Waals surface area contributed by atoms with Crippen molar-refractivity contribution in [3.63, 3.8) is 0 Å². The van der Waals surface area contributed by atoms with Crippen molar-refractivity contribution in [2.45, 2.75) is 20.4 Å². The van der Waals surface area contributed by atoms with Crippen LogP contribution >= 0.6 is 11.6 Å². The summed E-state index contributed by atoms with van der Waals surface area (Å²) >= 11 is 6.27. The van der Waals surface area contributed by atoms with E-state index in [4.69, 9.17) is 11.6 Å². The van der Waals surface area contributed by atoms with Gasteiger partial charge in [-0.15, -0.1) is 0 Å². The van der Waals surface area contributed by atoms with E-state index in [2.05, 4.69) is 0 Å². The first kappa shape index (κ1) is 18.0. The Bertz CT molecular complexity index is 932. The molecule has 0 aliphatic heterocycles. The van der Waals surface area contributed by atoms with Crippen LogP contribution in [-0.4, -0.2) is 11.0 Å². The highest BCUT2D eigenvalue weighted by atomic mass is 35.5. The minimum atomic E-state index is -0.198. The maximum Gasteiger partial charge on any atom is 0.260 e. The number of halogens is 1. The van der Waals surface area contributed by atoms with E-state index in [1.54, 1.807) is 41.3 Å². The van der Waals surface area contributed by atoms with Crippen LogP contribution in [0.15, 0.2) is 66.7 Å². The number of hydrogen-bond donors (Lipinski definition) is 1. The maximum atomic E-state index is 13.3. The monoisotopic (exact) mass is 365 g/mol. The Balaban J connectivity index is 2.12. The molecule has 3 aromatic rings. The van der Waals surface area contributed by atoms with Crippen LogP contribution in [0.25, 0.3) is 0 Å². The number of phenols is 1. The van der Waals surface area contributed by atoms with E-state index < -0.39 is 0 Å². The van der Waals surface area contributed by atoms with Crippen molar-refractivity contribution in [1.29, 1.82) is 0 Å². The van der Waals surface area contributed by atoms with E-state index >= 15 is 0 Å². The maximum absolute atomic E-state index is 13.3. The second-order valence-electron chi connectivity index (χ2n) is 6.24. The summed E-state index contributed by atoms with van der Waals surface area (Å²) in [7, 11) is 0. The Kier molecular flexibility index (Phi) is 5.29. The molecule has 0 bridgehead atoms. The molecule has 0 aliphatic carbocycles. The van der Waals surface area contributed by atoms with Gasteiger partial charge in [-0.25, -0.2) is 0 Å². The molecule has 3 nitrogen and oxygen atoms in total. The lowest BCUT2D eigenvalue weighted by molar-refractivity contribution is 0.0985. The van der Waals surface area contributed by atoms with E-state index in [0.717, 1.165) is 16.8 Å². The molecule has 132 valence electrons. The number of para-hydroxylation sites is 2. The predicted molar refractivity (Wildman–Crippen MR) is 106 cm³/mol. The first-order valence-electron chi connectivity index (χ1n) is 8.38. The van der Waals surface area contributed by atoms with Gasteiger partial charge < -0.3 is 10.0 Å². The third-order valence-electron chi connectivity index (χ3n) is 4.38. The van der Waals surface area contributed by atoms with Crippen LogP contribution in [0.3, 0.4) is 0 Å². The van der Waals surface area contributed by atoms with Crippen molar-refractivity contribution in [3.8, 4) is 5.75 Å². The van der Waals surface area contributed by atoms with Crippen molar-refractivity contribution in [1.82, 2.24) is 0 Å². The van der Waals surface area contributed by atoms with Gasteiger partial charge in [0.1, 0.15) is 5.75 Å². The van der Waals surface area contributed by atoms with Crippen LogP contribution < -0.4 is 4.90 Å². The van der Waals surface area contributed by atoms with Crippen molar-refractivity contribution in [3.05, 3.63) is 94.0 Å². The summed E-state index contributed by atoms with van der Waals surface area (Å²) < 4.78 is 0. The molecule has 1 amide bonds. The van der Waals surface area contributed by atoms with Gasteiger partial charge in [0.25, 0.3) is 5.91 Å². The number of amides is 1. The topological polar surface area (TPSA) is 40.5 Å². The van der Waals surface area contributed by atoms with Gasteiger partial charge in [0.05, 0.1) is 22.8 Å². The Morgan fingerprint density at radius 1 is 0.923 bits per heavy atom. The Hall–Kier alpha value is -2.78. The quantitative estimate of drug-likeness (QED) is 0.662. The molecule has 0 aromatic heterocycles. The van der Waals surface area contributed by atoms with E-state index in [1.807, 2.05) is 44.2 Å². The van der Waals surface area contributed by atoms with E-state index in [9.17, 15) is 9.90 Å². The number of carbonyl (C=O) groups is 1. The fraction of sp³-hybridized carbons (Fsp3) is 0.136. The molecule has 0 heterocycles. The van der Waals surface area contributed by atoms with Crippen LogP contribution in [0.5, 0.6) is 5.75 Å². The summed E-state index contributed by atoms with van der Waals surface area (Å²) in [6.45, 7) is 4.20. The Labute approximate surface area is 158 Å². The summed E-state index contributed by atoms with van der Waals surface area (Å²) in [4.78, 5) is 15.0. The van der Waals surface area contributed by atoms with E-state index in [-0.39, 0.29) is 18.2 Å². The van der Waals surface area contributed by atoms with Crippen LogP contribution in [0.4, 0.5) is 5.69 Å². The van der Waals surface area contributed by atoms with Crippen LogP contribution in [0, 0.1) is 13.8 Å². The third-order valence-corrected chi connectivity index (χ3v) is 4.71. The zero-order valence-corrected chi connectivity index (χ0v) is 15.5. The highest BCUT2D eigenvalue weighted by Gasteiger charge is 2.23. The minimum Gasteiger partial charge on any atom is -0.508 e. The molecule has 0 radical (unpaired) electrons. The molecule has 0 spiro atoms. The molecular weight excluding hydrogens is 346 g/mol. The Morgan fingerprint density at radius 2 is 1.54 bits per heavy atom. The number of anilines is 1. The number of hydrogen-bond acceptors (Lipinski definition) is 2. The lowest BCUT2D eigenvalue weighted by atomic mass is 10.0. The molecule has 26 heavy (non-hydrogen) atoms. The summed E-state index contributed by atoms with van der Waals surface area (Å²) in [5.74, 6) is -0.0352. The molecule has 3 rings (SSSR count). The van der Waals surface area contributed by atoms with Crippen molar-refractivity contribution >= 4 is 23.2 Å². The SMILES string of the molecule is Cc1cccc(C)c1N(Cc1ccccc1O)C(=O)c1ccccc1Cl. The highest BCUT2D eigenvalue weighted by Crippen LogP contribution is 2.31. The number of aryl methyl sites for hydroxylation is 2. The van der Waals surface area contributed by atoms with Crippen molar-refractivity contribution < 1.29 is 9.90 Å². The first-order valence-corrected chi connectivity index (χ1v) is 8.76. The summed E-state index contributed by atoms with van der Waals surface area (Å²) in [6, 6.07) is 20.0. The van der Waals surface area contributed by atoms with Gasteiger partial charge in [-0.3, -0.25) is 4.79 Å². The fourth-order valence-electron chi connectivity index (χ4n) is 3.08. The highest BCUT2D eigenvalue weighted by molar-refractivity contribution is 6.34. The second-order valence-corrected chi connectivity index (χ2v) is 6.65. The van der Waals surface area contributed by atoms with Gasteiger partial charge >= 0.3 is 0 Å². The number of benzene rings is 3. The van der Waals surface area contributed by atoms with E-state index in [1.165, 1.54) is 0 Å². The molecule has 0 aliphatic rings. The second kappa shape index (κ2) is 7.63. The van der Waals surface area contributed by atoms with Gasteiger partial charge in [0.2, 0.25) is 0 Å². The number of aromatic hydroxyl groups is 1. The summed E-state index contributed by atoms with van der Waals surface area (Å²) in [5.41, 5.74) is 3.92. The van der Waals surface area contributed by atoms with Crippen LogP contribution in [0.2, 0.25) is 5.02 Å². The summed E-state index contributed by atoms with van der Waals surface area (Å²) in [6.07, 6.45) is 0. The fourth-order valence-corrected chi connectivity index (χ4v) is 3.30. The first-order chi connectivity index (χ1) is 12.5. The molecule has 3 aromatic carbocycles. The molecule has 0 saturated heterocycles. The molecular formula is C22H20ClNO2. The molecule has 0 fully saturated rings. The smallest absolute Gasteiger partial charge is 0.260 e.